The standard InChI is InChI=1S/C13H17N3O2S/c1-19-12-4-2-3-8(12)15-9-6-10-11(5-7(9)14)18-13(17)16-10/h5-6,8,12,15H,2-4,14H2,1H3,(H,16,17). The van der Waals surface area contributed by atoms with Gasteiger partial charge in [-0.3, -0.25) is 4.98 Å². The molecule has 1 heterocycles. The first kappa shape index (κ1) is 12.5. The summed E-state index contributed by atoms with van der Waals surface area (Å²) in [7, 11) is 0. The van der Waals surface area contributed by atoms with E-state index in [1.807, 2.05) is 17.8 Å². The molecule has 19 heavy (non-hydrogen) atoms. The molecule has 1 aliphatic rings. The Labute approximate surface area is 114 Å². The second-order valence-corrected chi connectivity index (χ2v) is 5.98. The van der Waals surface area contributed by atoms with Crippen LogP contribution in [0.25, 0.3) is 11.1 Å². The molecule has 1 aromatic carbocycles. The monoisotopic (exact) mass is 279 g/mol. The maximum Gasteiger partial charge on any atom is 0.417 e. The molecule has 0 spiro atoms. The van der Waals surface area contributed by atoms with Gasteiger partial charge in [-0.25, -0.2) is 4.79 Å². The molecule has 1 aromatic heterocycles. The van der Waals surface area contributed by atoms with Crippen LogP contribution in [-0.4, -0.2) is 22.5 Å². The van der Waals surface area contributed by atoms with Crippen molar-refractivity contribution in [1.29, 1.82) is 0 Å². The summed E-state index contributed by atoms with van der Waals surface area (Å²) in [5.41, 5.74) is 8.68. The summed E-state index contributed by atoms with van der Waals surface area (Å²) < 4.78 is 4.99. The first-order valence-electron chi connectivity index (χ1n) is 6.39. The minimum Gasteiger partial charge on any atom is -0.408 e. The molecule has 1 saturated carbocycles. The quantitative estimate of drug-likeness (QED) is 0.751. The summed E-state index contributed by atoms with van der Waals surface area (Å²) in [6, 6.07) is 3.98. The van der Waals surface area contributed by atoms with Crippen LogP contribution in [0.3, 0.4) is 0 Å². The van der Waals surface area contributed by atoms with E-state index in [-0.39, 0.29) is 0 Å². The molecular weight excluding hydrogens is 262 g/mol. The average molecular weight is 279 g/mol. The summed E-state index contributed by atoms with van der Waals surface area (Å²) in [6.45, 7) is 0. The molecular formula is C13H17N3O2S. The van der Waals surface area contributed by atoms with Gasteiger partial charge in [0.1, 0.15) is 0 Å². The first-order chi connectivity index (χ1) is 9.17. The largest absolute Gasteiger partial charge is 0.417 e. The van der Waals surface area contributed by atoms with Gasteiger partial charge >= 0.3 is 5.76 Å². The molecule has 0 radical (unpaired) electrons. The molecule has 4 N–H and O–H groups in total. The van der Waals surface area contributed by atoms with Crippen molar-refractivity contribution in [3.05, 3.63) is 22.7 Å². The highest BCUT2D eigenvalue weighted by molar-refractivity contribution is 7.99. The highest BCUT2D eigenvalue weighted by Crippen LogP contribution is 2.33. The zero-order valence-electron chi connectivity index (χ0n) is 10.7. The van der Waals surface area contributed by atoms with Gasteiger partial charge in [-0.2, -0.15) is 11.8 Å². The van der Waals surface area contributed by atoms with E-state index in [1.165, 1.54) is 12.8 Å². The van der Waals surface area contributed by atoms with Crippen LogP contribution in [0.2, 0.25) is 0 Å². The van der Waals surface area contributed by atoms with Crippen LogP contribution < -0.4 is 16.8 Å². The molecule has 5 nitrogen and oxygen atoms in total. The molecule has 2 aromatic rings. The SMILES string of the molecule is CSC1CCCC1Nc1cc2[nH]c(=O)oc2cc1N. The number of oxazole rings is 1. The number of hydrogen-bond donors (Lipinski definition) is 3. The molecule has 0 amide bonds. The Bertz CT molecular complexity index is 649. The van der Waals surface area contributed by atoms with Crippen LogP contribution in [-0.2, 0) is 0 Å². The number of nitrogens with one attached hydrogen (secondary N) is 2. The van der Waals surface area contributed by atoms with E-state index in [9.17, 15) is 4.79 Å². The van der Waals surface area contributed by atoms with Gasteiger partial charge in [0.05, 0.1) is 16.9 Å². The fraction of sp³-hybridized carbons (Fsp3) is 0.462. The van der Waals surface area contributed by atoms with Gasteiger partial charge in [0, 0.05) is 17.4 Å². The Hall–Kier alpha value is -1.56. The molecule has 1 fully saturated rings. The van der Waals surface area contributed by atoms with E-state index < -0.39 is 5.76 Å². The Balaban J connectivity index is 1.91. The molecule has 6 heteroatoms. The van der Waals surface area contributed by atoms with Gasteiger partial charge in [0.25, 0.3) is 0 Å². The van der Waals surface area contributed by atoms with Crippen LogP contribution >= 0.6 is 11.8 Å². The summed E-state index contributed by atoms with van der Waals surface area (Å²) >= 11 is 1.89. The molecule has 1 aliphatic carbocycles. The second-order valence-electron chi connectivity index (χ2n) is 4.91. The van der Waals surface area contributed by atoms with Crippen molar-refractivity contribution in [2.75, 3.05) is 17.3 Å². The number of nitrogen functional groups attached to an aromatic ring is 1. The lowest BCUT2D eigenvalue weighted by Gasteiger charge is -2.21. The van der Waals surface area contributed by atoms with Gasteiger partial charge in [-0.15, -0.1) is 0 Å². The molecule has 3 rings (SSSR count). The third-order valence-corrected chi connectivity index (χ3v) is 4.86. The van der Waals surface area contributed by atoms with Gasteiger partial charge in [0.15, 0.2) is 5.58 Å². The fourth-order valence-corrected chi connectivity index (χ4v) is 3.65. The van der Waals surface area contributed by atoms with E-state index >= 15 is 0 Å². The van der Waals surface area contributed by atoms with Gasteiger partial charge in [0.2, 0.25) is 0 Å². The van der Waals surface area contributed by atoms with Crippen LogP contribution in [0, 0.1) is 0 Å². The summed E-state index contributed by atoms with van der Waals surface area (Å²) in [6.07, 6.45) is 5.78. The summed E-state index contributed by atoms with van der Waals surface area (Å²) in [4.78, 5) is 13.8. The van der Waals surface area contributed by atoms with E-state index in [0.717, 1.165) is 12.1 Å². The number of aromatic nitrogens is 1. The second kappa shape index (κ2) is 4.85. The van der Waals surface area contributed by atoms with Crippen LogP contribution in [0.5, 0.6) is 0 Å². The molecule has 0 bridgehead atoms. The maximum atomic E-state index is 11.2. The molecule has 2 unspecified atom stereocenters. The summed E-state index contributed by atoms with van der Waals surface area (Å²) in [5.74, 6) is -0.450. The zero-order valence-corrected chi connectivity index (χ0v) is 11.5. The minimum atomic E-state index is -0.450. The van der Waals surface area contributed by atoms with Crippen molar-refractivity contribution in [2.24, 2.45) is 0 Å². The molecule has 2 atom stereocenters. The number of nitrogens with two attached hydrogens (primary N) is 1. The average Bonchev–Trinajstić information content (AvgIpc) is 2.95. The third-order valence-electron chi connectivity index (χ3n) is 3.69. The predicted molar refractivity (Wildman–Crippen MR) is 79.8 cm³/mol. The zero-order chi connectivity index (χ0) is 13.4. The number of rotatable bonds is 3. The van der Waals surface area contributed by atoms with Crippen molar-refractivity contribution >= 4 is 34.2 Å². The molecule has 0 aliphatic heterocycles. The van der Waals surface area contributed by atoms with E-state index in [2.05, 4.69) is 16.6 Å². The number of anilines is 2. The van der Waals surface area contributed by atoms with Gasteiger partial charge in [-0.1, -0.05) is 6.42 Å². The number of H-pyrrole nitrogens is 1. The van der Waals surface area contributed by atoms with Crippen molar-refractivity contribution in [3.63, 3.8) is 0 Å². The number of aromatic amines is 1. The molecule has 102 valence electrons. The number of benzene rings is 1. The number of hydrogen-bond acceptors (Lipinski definition) is 5. The predicted octanol–water partition coefficient (Wildman–Crippen LogP) is 2.40. The molecule has 0 saturated heterocycles. The van der Waals surface area contributed by atoms with Crippen LogP contribution in [0.15, 0.2) is 21.3 Å². The lowest BCUT2D eigenvalue weighted by molar-refractivity contribution is 0.555. The maximum absolute atomic E-state index is 11.2. The van der Waals surface area contributed by atoms with Gasteiger partial charge in [-0.05, 0) is 25.2 Å². The van der Waals surface area contributed by atoms with E-state index in [4.69, 9.17) is 10.2 Å². The van der Waals surface area contributed by atoms with Crippen LogP contribution in [0.4, 0.5) is 11.4 Å². The van der Waals surface area contributed by atoms with Crippen LogP contribution in [0.1, 0.15) is 19.3 Å². The lowest BCUT2D eigenvalue weighted by atomic mass is 10.2. The van der Waals surface area contributed by atoms with Crippen molar-refractivity contribution < 1.29 is 4.42 Å². The minimum absolute atomic E-state index is 0.438. The van der Waals surface area contributed by atoms with E-state index in [1.54, 1.807) is 6.07 Å². The van der Waals surface area contributed by atoms with E-state index in [0.29, 0.717) is 28.1 Å². The normalized spacial score (nSPS) is 23.0. The van der Waals surface area contributed by atoms with Gasteiger partial charge < -0.3 is 15.5 Å². The van der Waals surface area contributed by atoms with Crippen molar-refractivity contribution in [1.82, 2.24) is 4.98 Å². The highest BCUT2D eigenvalue weighted by Gasteiger charge is 2.26. The Morgan fingerprint density at radius 2 is 2.32 bits per heavy atom. The lowest BCUT2D eigenvalue weighted by Crippen LogP contribution is -2.26. The number of thioether (sulfide) groups is 1. The number of fused-ring (bicyclic) bond motifs is 1. The highest BCUT2D eigenvalue weighted by atomic mass is 32.2. The third kappa shape index (κ3) is 2.32. The Morgan fingerprint density at radius 1 is 1.47 bits per heavy atom. The summed E-state index contributed by atoms with van der Waals surface area (Å²) in [5, 5.41) is 4.13. The van der Waals surface area contributed by atoms with Crippen molar-refractivity contribution in [2.45, 2.75) is 30.6 Å². The van der Waals surface area contributed by atoms with Crippen molar-refractivity contribution in [3.8, 4) is 0 Å². The smallest absolute Gasteiger partial charge is 0.408 e. The fourth-order valence-electron chi connectivity index (χ4n) is 2.71. The first-order valence-corrected chi connectivity index (χ1v) is 7.68. The topological polar surface area (TPSA) is 84.0 Å². The Kier molecular flexibility index (Phi) is 3.18. The Morgan fingerprint density at radius 3 is 3.11 bits per heavy atom.